The van der Waals surface area contributed by atoms with Crippen molar-refractivity contribution < 1.29 is 19.1 Å². The monoisotopic (exact) mass is 679 g/mol. The number of nitrogens with zero attached hydrogens (tertiary/aromatic N) is 4. The summed E-state index contributed by atoms with van der Waals surface area (Å²) in [6.45, 7) is 6.89. The van der Waals surface area contributed by atoms with Crippen molar-refractivity contribution in [3.63, 3.8) is 0 Å². The topological polar surface area (TPSA) is 136 Å². The van der Waals surface area contributed by atoms with Crippen molar-refractivity contribution in [1.82, 2.24) is 35.1 Å². The molecule has 1 fully saturated rings. The number of ether oxygens (including phenoxy) is 1. The molecule has 2 unspecified atom stereocenters. The Morgan fingerprint density at radius 2 is 1.53 bits per heavy atom. The Morgan fingerprint density at radius 1 is 0.957 bits per heavy atom. The molecule has 4 aromatic rings. The molecule has 2 atom stereocenters. The summed E-state index contributed by atoms with van der Waals surface area (Å²) >= 11 is 13.1. The normalized spacial score (nSPS) is 15.0. The smallest absolute Gasteiger partial charge is 0.407 e. The predicted octanol–water partition coefficient (Wildman–Crippen LogP) is 7.00. The lowest BCUT2D eigenvalue weighted by Gasteiger charge is -2.24. The lowest BCUT2D eigenvalue weighted by Crippen LogP contribution is -2.47. The Labute approximate surface area is 284 Å². The molecule has 3 amide bonds. The standard InChI is InChI=1S/C34H39Cl2N7O4/c1-5-17-42(33(45)20(3)37-34(46)47-4)19-26-38-28(30(35)39-26)23-13-9-21(10-14-23)22-11-15-24(16-12-22)29-31(36)41-32(40-29)25-8-7-18-43(25)27(44)6-2/h9-16,20,25H,5-8,17-19H2,1-4H3,(H,37,46)(H,38,39)(H,40,41). The first-order valence-corrected chi connectivity index (χ1v) is 16.5. The molecule has 5 rings (SSSR count). The highest BCUT2D eigenvalue weighted by atomic mass is 35.5. The lowest BCUT2D eigenvalue weighted by atomic mass is 10.0. The van der Waals surface area contributed by atoms with E-state index in [0.29, 0.717) is 40.5 Å². The Morgan fingerprint density at radius 3 is 2.11 bits per heavy atom. The fourth-order valence-electron chi connectivity index (χ4n) is 5.87. The number of benzene rings is 2. The minimum Gasteiger partial charge on any atom is -0.453 e. The number of hydrogen-bond acceptors (Lipinski definition) is 6. The van der Waals surface area contributed by atoms with Gasteiger partial charge in [0.05, 0.1) is 19.7 Å². The maximum atomic E-state index is 13.0. The van der Waals surface area contributed by atoms with Crippen LogP contribution >= 0.6 is 23.2 Å². The zero-order valence-electron chi connectivity index (χ0n) is 26.9. The van der Waals surface area contributed by atoms with Crippen molar-refractivity contribution in [2.45, 2.75) is 65.1 Å². The third-order valence-electron chi connectivity index (χ3n) is 8.26. The van der Waals surface area contributed by atoms with E-state index in [-0.39, 0.29) is 24.4 Å². The Balaban J connectivity index is 1.28. The molecule has 0 spiro atoms. The number of alkyl carbamates (subject to hydrolysis) is 1. The van der Waals surface area contributed by atoms with Crippen LogP contribution in [0.5, 0.6) is 0 Å². The van der Waals surface area contributed by atoms with E-state index >= 15 is 0 Å². The number of nitrogens with one attached hydrogen (secondary N) is 3. The molecule has 1 saturated heterocycles. The van der Waals surface area contributed by atoms with E-state index in [1.165, 1.54) is 7.11 Å². The van der Waals surface area contributed by atoms with Gasteiger partial charge in [-0.1, -0.05) is 85.6 Å². The van der Waals surface area contributed by atoms with Crippen LogP contribution in [0.3, 0.4) is 0 Å². The molecule has 2 aromatic carbocycles. The van der Waals surface area contributed by atoms with Gasteiger partial charge in [-0.05, 0) is 37.3 Å². The second kappa shape index (κ2) is 15.0. The first-order valence-electron chi connectivity index (χ1n) is 15.8. The number of halogens is 2. The molecule has 1 aliphatic heterocycles. The molecule has 11 nitrogen and oxygen atoms in total. The number of methoxy groups -OCH3 is 1. The lowest BCUT2D eigenvalue weighted by molar-refractivity contribution is -0.133. The molecule has 47 heavy (non-hydrogen) atoms. The minimum atomic E-state index is -0.755. The number of hydrogen-bond donors (Lipinski definition) is 3. The van der Waals surface area contributed by atoms with Crippen LogP contribution in [0.2, 0.25) is 10.3 Å². The van der Waals surface area contributed by atoms with E-state index in [2.05, 4.69) is 25.0 Å². The number of likely N-dealkylation sites (tertiary alicyclic amines) is 1. The van der Waals surface area contributed by atoms with Gasteiger partial charge in [-0.3, -0.25) is 9.59 Å². The number of carbonyl (C=O) groups is 3. The zero-order valence-corrected chi connectivity index (χ0v) is 28.4. The molecule has 248 valence electrons. The molecular weight excluding hydrogens is 641 g/mol. The molecule has 2 aromatic heterocycles. The van der Waals surface area contributed by atoms with E-state index in [0.717, 1.165) is 53.9 Å². The highest BCUT2D eigenvalue weighted by Gasteiger charge is 2.32. The van der Waals surface area contributed by atoms with Crippen molar-refractivity contribution in [2.24, 2.45) is 0 Å². The zero-order chi connectivity index (χ0) is 33.7. The predicted molar refractivity (Wildman–Crippen MR) is 182 cm³/mol. The van der Waals surface area contributed by atoms with Crippen molar-refractivity contribution in [3.05, 3.63) is 70.5 Å². The molecule has 13 heteroatoms. The van der Waals surface area contributed by atoms with Crippen LogP contribution in [0, 0.1) is 0 Å². The van der Waals surface area contributed by atoms with Gasteiger partial charge in [-0.2, -0.15) is 0 Å². The Kier molecular flexibility index (Phi) is 10.9. The second-order valence-electron chi connectivity index (χ2n) is 11.5. The molecule has 0 radical (unpaired) electrons. The second-order valence-corrected chi connectivity index (χ2v) is 12.3. The summed E-state index contributed by atoms with van der Waals surface area (Å²) in [5.74, 6) is 1.13. The molecule has 3 N–H and O–H groups in total. The maximum Gasteiger partial charge on any atom is 0.407 e. The van der Waals surface area contributed by atoms with Gasteiger partial charge in [-0.25, -0.2) is 14.8 Å². The van der Waals surface area contributed by atoms with Crippen molar-refractivity contribution in [2.75, 3.05) is 20.2 Å². The Hall–Kier alpha value is -4.35. The first-order chi connectivity index (χ1) is 22.6. The van der Waals surface area contributed by atoms with Gasteiger partial charge in [0.1, 0.15) is 39.4 Å². The van der Waals surface area contributed by atoms with Gasteiger partial charge in [0.2, 0.25) is 11.8 Å². The summed E-state index contributed by atoms with van der Waals surface area (Å²) in [6.07, 6.45) is 2.34. The average molecular weight is 681 g/mol. The summed E-state index contributed by atoms with van der Waals surface area (Å²) in [7, 11) is 1.25. The minimum absolute atomic E-state index is 0.0811. The summed E-state index contributed by atoms with van der Waals surface area (Å²) < 4.78 is 4.61. The molecule has 1 aliphatic rings. The van der Waals surface area contributed by atoms with E-state index < -0.39 is 12.1 Å². The van der Waals surface area contributed by atoms with Gasteiger partial charge < -0.3 is 29.8 Å². The molecule has 0 saturated carbocycles. The summed E-state index contributed by atoms with van der Waals surface area (Å²) in [6, 6.07) is 15.1. The van der Waals surface area contributed by atoms with Crippen LogP contribution in [-0.4, -0.2) is 73.9 Å². The number of carbonyl (C=O) groups excluding carboxylic acids is 3. The fourth-order valence-corrected chi connectivity index (χ4v) is 6.37. The third-order valence-corrected chi connectivity index (χ3v) is 8.81. The van der Waals surface area contributed by atoms with E-state index in [4.69, 9.17) is 28.2 Å². The first kappa shape index (κ1) is 34.0. The molecular formula is C34H39Cl2N7O4. The number of aromatic nitrogens is 4. The van der Waals surface area contributed by atoms with Gasteiger partial charge in [0.25, 0.3) is 0 Å². The maximum absolute atomic E-state index is 13.0. The number of amides is 3. The van der Waals surface area contributed by atoms with Gasteiger partial charge in [0.15, 0.2) is 0 Å². The number of rotatable bonds is 11. The van der Waals surface area contributed by atoms with Crippen LogP contribution in [-0.2, 0) is 20.9 Å². The highest BCUT2D eigenvalue weighted by molar-refractivity contribution is 6.32. The summed E-state index contributed by atoms with van der Waals surface area (Å²) in [4.78, 5) is 56.3. The van der Waals surface area contributed by atoms with Crippen LogP contribution < -0.4 is 5.32 Å². The molecule has 0 aliphatic carbocycles. The van der Waals surface area contributed by atoms with Crippen LogP contribution in [0.25, 0.3) is 33.6 Å². The van der Waals surface area contributed by atoms with Crippen molar-refractivity contribution in [3.8, 4) is 33.6 Å². The summed E-state index contributed by atoms with van der Waals surface area (Å²) in [5.41, 5.74) is 4.97. The third kappa shape index (κ3) is 7.63. The van der Waals surface area contributed by atoms with Crippen molar-refractivity contribution in [1.29, 1.82) is 0 Å². The number of imidazole rings is 2. The van der Waals surface area contributed by atoms with Crippen LogP contribution in [0.15, 0.2) is 48.5 Å². The fraction of sp³-hybridized carbons (Fsp3) is 0.382. The van der Waals surface area contributed by atoms with Crippen LogP contribution in [0.4, 0.5) is 4.79 Å². The highest BCUT2D eigenvalue weighted by Crippen LogP contribution is 2.36. The SMILES string of the molecule is CCCN(Cc1nc(-c2ccc(-c3ccc(-c4nc(C5CCCN5C(=O)CC)[nH]c4Cl)cc3)cc2)c(Cl)[nH]1)C(=O)C(C)NC(=O)OC. The number of H-pyrrole nitrogens is 2. The van der Waals surface area contributed by atoms with Gasteiger partial charge >= 0.3 is 6.09 Å². The van der Waals surface area contributed by atoms with Gasteiger partial charge in [-0.15, -0.1) is 0 Å². The summed E-state index contributed by atoms with van der Waals surface area (Å²) in [5, 5.41) is 3.34. The molecule has 3 heterocycles. The largest absolute Gasteiger partial charge is 0.453 e. The van der Waals surface area contributed by atoms with E-state index in [9.17, 15) is 14.4 Å². The van der Waals surface area contributed by atoms with E-state index in [1.54, 1.807) is 11.8 Å². The Bertz CT molecular complexity index is 1720. The van der Waals surface area contributed by atoms with Crippen LogP contribution in [0.1, 0.15) is 64.1 Å². The molecule has 0 bridgehead atoms. The van der Waals surface area contributed by atoms with Crippen molar-refractivity contribution >= 4 is 41.1 Å². The van der Waals surface area contributed by atoms with E-state index in [1.807, 2.05) is 67.3 Å². The van der Waals surface area contributed by atoms with Gasteiger partial charge in [0, 0.05) is 30.6 Å². The number of aromatic amines is 2. The quantitative estimate of drug-likeness (QED) is 0.156. The average Bonchev–Trinajstić information content (AvgIpc) is 3.82.